The van der Waals surface area contributed by atoms with E-state index in [2.05, 4.69) is 10.6 Å². The van der Waals surface area contributed by atoms with Crippen LogP contribution in [0.3, 0.4) is 0 Å². The van der Waals surface area contributed by atoms with Crippen LogP contribution in [0.2, 0.25) is 0 Å². The van der Waals surface area contributed by atoms with Crippen LogP contribution >= 0.6 is 12.4 Å². The molecule has 1 aliphatic heterocycles. The fraction of sp³-hybridized carbons (Fsp3) is 0.467. The Kier molecular flexibility index (Phi) is 7.31. The van der Waals surface area contributed by atoms with Crippen molar-refractivity contribution in [3.05, 3.63) is 29.8 Å². The van der Waals surface area contributed by atoms with Gasteiger partial charge in [-0.1, -0.05) is 12.1 Å². The van der Waals surface area contributed by atoms with Crippen LogP contribution in [-0.2, 0) is 20.9 Å². The smallest absolute Gasteiger partial charge is 0.253 e. The number of benzene rings is 1. The van der Waals surface area contributed by atoms with Crippen molar-refractivity contribution in [2.75, 3.05) is 11.9 Å². The van der Waals surface area contributed by atoms with Crippen LogP contribution in [-0.4, -0.2) is 30.6 Å². The number of hydrogen-bond donors (Lipinski definition) is 3. The van der Waals surface area contributed by atoms with Gasteiger partial charge in [-0.15, -0.1) is 12.4 Å². The van der Waals surface area contributed by atoms with Gasteiger partial charge in [0.2, 0.25) is 5.91 Å². The van der Waals surface area contributed by atoms with Gasteiger partial charge in [-0.2, -0.15) is 0 Å². The van der Waals surface area contributed by atoms with E-state index in [1.54, 1.807) is 6.92 Å². The summed E-state index contributed by atoms with van der Waals surface area (Å²) < 4.78 is 5.34. The zero-order chi connectivity index (χ0) is 15.2. The van der Waals surface area contributed by atoms with Crippen LogP contribution in [0.1, 0.15) is 25.3 Å². The van der Waals surface area contributed by atoms with E-state index in [9.17, 15) is 9.59 Å². The first kappa shape index (κ1) is 18.4. The Morgan fingerprint density at radius 1 is 1.45 bits per heavy atom. The second-order valence-corrected chi connectivity index (χ2v) is 5.20. The van der Waals surface area contributed by atoms with Gasteiger partial charge in [-0.3, -0.25) is 9.59 Å². The third-order valence-corrected chi connectivity index (χ3v) is 3.30. The molecule has 0 spiro atoms. The number of rotatable bonds is 5. The molecule has 0 aromatic heterocycles. The number of carbonyl (C=O) groups excluding carboxylic acids is 2. The van der Waals surface area contributed by atoms with Gasteiger partial charge in [0, 0.05) is 18.8 Å². The molecule has 1 saturated heterocycles. The fourth-order valence-corrected chi connectivity index (χ4v) is 2.12. The van der Waals surface area contributed by atoms with Gasteiger partial charge in [0.05, 0.1) is 6.04 Å². The van der Waals surface area contributed by atoms with Gasteiger partial charge in [-0.05, 0) is 37.5 Å². The maximum atomic E-state index is 12.0. The highest BCUT2D eigenvalue weighted by Crippen LogP contribution is 2.16. The van der Waals surface area contributed by atoms with Gasteiger partial charge in [-0.25, -0.2) is 0 Å². The van der Waals surface area contributed by atoms with E-state index in [0.717, 1.165) is 18.4 Å². The molecule has 1 aromatic rings. The number of hydrogen-bond acceptors (Lipinski definition) is 4. The quantitative estimate of drug-likeness (QED) is 0.757. The van der Waals surface area contributed by atoms with Crippen molar-refractivity contribution in [3.8, 4) is 0 Å². The van der Waals surface area contributed by atoms with Crippen molar-refractivity contribution >= 4 is 29.9 Å². The molecule has 1 aromatic carbocycles. The largest absolute Gasteiger partial charge is 0.368 e. The zero-order valence-electron chi connectivity index (χ0n) is 12.5. The summed E-state index contributed by atoms with van der Waals surface area (Å²) in [5.41, 5.74) is 7.08. The molecule has 6 nitrogen and oxygen atoms in total. The minimum Gasteiger partial charge on any atom is -0.368 e. The van der Waals surface area contributed by atoms with Gasteiger partial charge < -0.3 is 21.1 Å². The molecule has 122 valence electrons. The van der Waals surface area contributed by atoms with E-state index in [1.807, 2.05) is 24.3 Å². The predicted molar refractivity (Wildman–Crippen MR) is 86.8 cm³/mol. The van der Waals surface area contributed by atoms with Gasteiger partial charge >= 0.3 is 0 Å². The normalized spacial score (nSPS) is 18.2. The molecule has 0 aliphatic carbocycles. The summed E-state index contributed by atoms with van der Waals surface area (Å²) in [7, 11) is 0. The van der Waals surface area contributed by atoms with Gasteiger partial charge in [0.25, 0.3) is 5.91 Å². The minimum atomic E-state index is -0.535. The van der Waals surface area contributed by atoms with Crippen molar-refractivity contribution in [1.82, 2.24) is 5.32 Å². The Labute approximate surface area is 136 Å². The molecule has 4 N–H and O–H groups in total. The summed E-state index contributed by atoms with van der Waals surface area (Å²) in [6.07, 6.45) is 1.32. The lowest BCUT2D eigenvalue weighted by Crippen LogP contribution is -2.37. The Balaban J connectivity index is 0.00000242. The summed E-state index contributed by atoms with van der Waals surface area (Å²) in [5, 5.41) is 5.57. The average Bonchev–Trinajstić information content (AvgIpc) is 2.99. The Bertz CT molecular complexity index is 517. The molecular weight excluding hydrogens is 306 g/mol. The summed E-state index contributed by atoms with van der Waals surface area (Å²) in [6, 6.07) is 6.81. The third-order valence-electron chi connectivity index (χ3n) is 3.30. The minimum absolute atomic E-state index is 0. The van der Waals surface area contributed by atoms with E-state index < -0.39 is 6.04 Å². The van der Waals surface area contributed by atoms with Crippen molar-refractivity contribution in [1.29, 1.82) is 0 Å². The lowest BCUT2D eigenvalue weighted by atomic mass is 10.1. The van der Waals surface area contributed by atoms with Crippen molar-refractivity contribution in [3.63, 3.8) is 0 Å². The number of nitrogens with two attached hydrogens (primary N) is 1. The first-order valence-electron chi connectivity index (χ1n) is 7.11. The molecule has 1 aliphatic rings. The molecular formula is C15H22ClN3O3. The Morgan fingerprint density at radius 2 is 2.23 bits per heavy atom. The number of ether oxygens (including phenoxy) is 1. The number of anilines is 1. The highest BCUT2D eigenvalue weighted by atomic mass is 35.5. The van der Waals surface area contributed by atoms with Gasteiger partial charge in [0.15, 0.2) is 0 Å². The number of halogens is 1. The van der Waals surface area contributed by atoms with Crippen molar-refractivity contribution < 1.29 is 14.3 Å². The first-order chi connectivity index (χ1) is 10.1. The summed E-state index contributed by atoms with van der Waals surface area (Å²) in [6.45, 7) is 2.65. The van der Waals surface area contributed by atoms with Crippen molar-refractivity contribution in [2.24, 2.45) is 5.73 Å². The van der Waals surface area contributed by atoms with Gasteiger partial charge in [0.1, 0.15) is 6.10 Å². The molecule has 1 heterocycles. The first-order valence-corrected chi connectivity index (χ1v) is 7.11. The number of nitrogens with one attached hydrogen (secondary N) is 2. The maximum Gasteiger partial charge on any atom is 0.253 e. The monoisotopic (exact) mass is 327 g/mol. The molecule has 2 rings (SSSR count). The molecule has 2 atom stereocenters. The fourth-order valence-electron chi connectivity index (χ4n) is 2.12. The summed E-state index contributed by atoms with van der Waals surface area (Å²) in [5.74, 6) is -0.326. The molecule has 1 unspecified atom stereocenters. The second-order valence-electron chi connectivity index (χ2n) is 5.20. The van der Waals surface area contributed by atoms with Crippen molar-refractivity contribution in [2.45, 2.75) is 38.5 Å². The van der Waals surface area contributed by atoms with E-state index in [-0.39, 0.29) is 30.3 Å². The van der Waals surface area contributed by atoms with E-state index in [4.69, 9.17) is 10.5 Å². The van der Waals surface area contributed by atoms with Crippen LogP contribution in [0.4, 0.5) is 5.69 Å². The number of carbonyl (C=O) groups is 2. The van der Waals surface area contributed by atoms with Crippen LogP contribution in [0, 0.1) is 0 Å². The average molecular weight is 328 g/mol. The summed E-state index contributed by atoms with van der Waals surface area (Å²) in [4.78, 5) is 23.4. The second kappa shape index (κ2) is 8.73. The maximum absolute atomic E-state index is 12.0. The highest BCUT2D eigenvalue weighted by molar-refractivity contribution is 5.94. The van der Waals surface area contributed by atoms with Crippen LogP contribution in [0.5, 0.6) is 0 Å². The standard InChI is InChI=1S/C15H21N3O3.ClH/c1-10(16)14(19)17-9-11-4-2-5-12(8-11)18-15(20)13-6-3-7-21-13;/h2,4-5,8,10,13H,3,6-7,9,16H2,1H3,(H,17,19)(H,18,20);1H/t10-,13?;/m0./s1. The SMILES string of the molecule is C[C@H](N)C(=O)NCc1cccc(NC(=O)C2CCCO2)c1.Cl. The third kappa shape index (κ3) is 5.29. The Hall–Kier alpha value is -1.63. The molecule has 1 fully saturated rings. The van der Waals surface area contributed by atoms with E-state index in [1.165, 1.54) is 0 Å². The van der Waals surface area contributed by atoms with E-state index >= 15 is 0 Å². The summed E-state index contributed by atoms with van der Waals surface area (Å²) >= 11 is 0. The molecule has 22 heavy (non-hydrogen) atoms. The zero-order valence-corrected chi connectivity index (χ0v) is 13.3. The van der Waals surface area contributed by atoms with Crippen LogP contribution in [0.25, 0.3) is 0 Å². The molecule has 2 amide bonds. The highest BCUT2D eigenvalue weighted by Gasteiger charge is 2.23. The lowest BCUT2D eigenvalue weighted by molar-refractivity contribution is -0.124. The lowest BCUT2D eigenvalue weighted by Gasteiger charge is -2.12. The Morgan fingerprint density at radius 3 is 2.86 bits per heavy atom. The number of amides is 2. The molecule has 0 saturated carbocycles. The van der Waals surface area contributed by atoms with Crippen LogP contribution < -0.4 is 16.4 Å². The molecule has 0 bridgehead atoms. The van der Waals surface area contributed by atoms with E-state index in [0.29, 0.717) is 18.8 Å². The molecule has 7 heteroatoms. The predicted octanol–water partition coefficient (Wildman–Crippen LogP) is 1.19. The topological polar surface area (TPSA) is 93.5 Å². The van der Waals surface area contributed by atoms with Crippen LogP contribution in [0.15, 0.2) is 24.3 Å². The molecule has 0 radical (unpaired) electrons.